The van der Waals surface area contributed by atoms with Crippen molar-refractivity contribution < 1.29 is 38.2 Å². The Morgan fingerprint density at radius 1 is 0.473 bits per heavy atom. The number of hydrogen-bond acceptors (Lipinski definition) is 8. The Kier molecular flexibility index (Phi) is 34.7. The zero-order valence-electron chi connectivity index (χ0n) is 37.9. The third-order valence-electron chi connectivity index (χ3n) is 11.6. The van der Waals surface area contributed by atoms with Crippen LogP contribution in [0.4, 0.5) is 0 Å². The molecule has 2 N–H and O–H groups in total. The number of hydrogen-bond donors (Lipinski definition) is 2. The van der Waals surface area contributed by atoms with E-state index in [0.717, 1.165) is 54.8 Å². The Morgan fingerprint density at radius 3 is 1.16 bits per heavy atom. The molecule has 9 atom stereocenters. The highest BCUT2D eigenvalue weighted by molar-refractivity contribution is 7.45. The topological polar surface area (TPSA) is 118 Å². The Balaban J connectivity index is 4.50. The number of aliphatic hydroxyl groups is 2. The maximum atomic E-state index is 12.3. The van der Waals surface area contributed by atoms with Crippen molar-refractivity contribution in [1.82, 2.24) is 0 Å². The van der Waals surface area contributed by atoms with Gasteiger partial charge in [0.1, 0.15) is 12.2 Å². The third-order valence-corrected chi connectivity index (χ3v) is 12.5. The molecule has 0 aliphatic carbocycles. The minimum Gasteiger partial charge on any atom is -0.756 e. The van der Waals surface area contributed by atoms with Crippen LogP contribution in [0.1, 0.15) is 198 Å². The predicted octanol–water partition coefficient (Wildman–Crippen LogP) is 12.2. The minimum absolute atomic E-state index is 0.220. The maximum Gasteiger partial charge on any atom is 0.268 e. The molecule has 1 unspecified atom stereocenters. The summed E-state index contributed by atoms with van der Waals surface area (Å²) in [5.41, 5.74) is 0. The van der Waals surface area contributed by atoms with Gasteiger partial charge in [-0.3, -0.25) is 4.57 Å². The van der Waals surface area contributed by atoms with Crippen molar-refractivity contribution in [2.45, 2.75) is 210 Å². The van der Waals surface area contributed by atoms with Crippen LogP contribution in [-0.2, 0) is 23.1 Å². The first-order valence-corrected chi connectivity index (χ1v) is 24.6. The average Bonchev–Trinajstić information content (AvgIpc) is 3.10. The van der Waals surface area contributed by atoms with E-state index in [1.165, 1.54) is 109 Å². The van der Waals surface area contributed by atoms with Gasteiger partial charge in [0.25, 0.3) is 7.82 Å². The summed E-state index contributed by atoms with van der Waals surface area (Å²) in [4.78, 5) is 12.3. The molecular weight excluding hydrogens is 711 g/mol. The van der Waals surface area contributed by atoms with E-state index in [2.05, 4.69) is 69.2 Å². The van der Waals surface area contributed by atoms with Crippen LogP contribution in [0.3, 0.4) is 0 Å². The van der Waals surface area contributed by atoms with Crippen LogP contribution >= 0.6 is 7.82 Å². The lowest BCUT2D eigenvalue weighted by Crippen LogP contribution is -2.28. The van der Waals surface area contributed by atoms with E-state index in [1.807, 2.05) is 0 Å². The summed E-state index contributed by atoms with van der Waals surface area (Å²) in [7, 11) is -4.67. The van der Waals surface area contributed by atoms with E-state index in [0.29, 0.717) is 25.0 Å². The SMILES string of the molecule is CC(C)CCC[C@@H](C)CCC[C@@H](C)CCC[C@@H](C)CCOC[C@@H](COP(=O)([O-])OC[C@H](O)CO)OCC[C@H](C)CCC[C@H](C)CCC[C@H](C)CCCC(C)C. The molecule has 0 saturated heterocycles. The van der Waals surface area contributed by atoms with Gasteiger partial charge in [0.2, 0.25) is 0 Å². The molecule has 0 rings (SSSR count). The maximum absolute atomic E-state index is 12.3. The highest BCUT2D eigenvalue weighted by atomic mass is 31.2. The molecule has 0 aromatic rings. The first kappa shape index (κ1) is 55.0. The Morgan fingerprint density at radius 2 is 0.800 bits per heavy atom. The second kappa shape index (κ2) is 34.8. The molecule has 0 aliphatic rings. The van der Waals surface area contributed by atoms with Gasteiger partial charge >= 0.3 is 0 Å². The van der Waals surface area contributed by atoms with Gasteiger partial charge in [-0.15, -0.1) is 0 Å². The molecule has 332 valence electrons. The van der Waals surface area contributed by atoms with Crippen molar-refractivity contribution in [2.24, 2.45) is 47.3 Å². The minimum atomic E-state index is -4.67. The fourth-order valence-electron chi connectivity index (χ4n) is 7.40. The summed E-state index contributed by atoms with van der Waals surface area (Å²) in [6, 6.07) is 0. The number of ether oxygens (including phenoxy) is 2. The summed E-state index contributed by atoms with van der Waals surface area (Å²) in [6.45, 7) is 23.4. The first-order valence-electron chi connectivity index (χ1n) is 23.1. The lowest BCUT2D eigenvalue weighted by molar-refractivity contribution is -0.230. The van der Waals surface area contributed by atoms with Crippen molar-refractivity contribution in [3.8, 4) is 0 Å². The summed E-state index contributed by atoms with van der Waals surface area (Å²) < 4.78 is 34.2. The Labute approximate surface area is 342 Å². The van der Waals surface area contributed by atoms with Gasteiger partial charge < -0.3 is 33.6 Å². The average molecular weight is 806 g/mol. The lowest BCUT2D eigenvalue weighted by Gasteiger charge is -2.27. The zero-order valence-corrected chi connectivity index (χ0v) is 38.8. The summed E-state index contributed by atoms with van der Waals surface area (Å²) in [6.07, 6.45) is 23.5. The third kappa shape index (κ3) is 36.7. The van der Waals surface area contributed by atoms with Crippen molar-refractivity contribution in [3.05, 3.63) is 0 Å². The number of phosphoric acid groups is 1. The van der Waals surface area contributed by atoms with Crippen LogP contribution in [0.2, 0.25) is 0 Å². The molecular formula is C46H94O8P-. The smallest absolute Gasteiger partial charge is 0.268 e. The summed E-state index contributed by atoms with van der Waals surface area (Å²) >= 11 is 0. The van der Waals surface area contributed by atoms with E-state index in [1.54, 1.807) is 0 Å². The number of aliphatic hydroxyl groups excluding tert-OH is 2. The monoisotopic (exact) mass is 806 g/mol. The molecule has 0 heterocycles. The van der Waals surface area contributed by atoms with Crippen LogP contribution in [0.25, 0.3) is 0 Å². The van der Waals surface area contributed by atoms with Gasteiger partial charge in [-0.25, -0.2) is 0 Å². The van der Waals surface area contributed by atoms with E-state index < -0.39 is 33.2 Å². The van der Waals surface area contributed by atoms with Crippen LogP contribution < -0.4 is 4.89 Å². The van der Waals surface area contributed by atoms with Crippen LogP contribution in [0.5, 0.6) is 0 Å². The summed E-state index contributed by atoms with van der Waals surface area (Å²) in [5, 5.41) is 18.5. The molecule has 0 radical (unpaired) electrons. The molecule has 0 amide bonds. The van der Waals surface area contributed by atoms with Crippen molar-refractivity contribution in [3.63, 3.8) is 0 Å². The fourth-order valence-corrected chi connectivity index (χ4v) is 8.17. The van der Waals surface area contributed by atoms with E-state index in [4.69, 9.17) is 23.6 Å². The van der Waals surface area contributed by atoms with Crippen molar-refractivity contribution >= 4 is 7.82 Å². The highest BCUT2D eigenvalue weighted by Crippen LogP contribution is 2.38. The highest BCUT2D eigenvalue weighted by Gasteiger charge is 2.19. The fraction of sp³-hybridized carbons (Fsp3) is 1.00. The first-order chi connectivity index (χ1) is 26.0. The van der Waals surface area contributed by atoms with Crippen LogP contribution in [-0.4, -0.2) is 62.1 Å². The molecule has 0 fully saturated rings. The van der Waals surface area contributed by atoms with Gasteiger partial charge in [0.05, 0.1) is 26.4 Å². The number of rotatable bonds is 40. The van der Waals surface area contributed by atoms with E-state index >= 15 is 0 Å². The number of phosphoric ester groups is 1. The van der Waals surface area contributed by atoms with E-state index in [-0.39, 0.29) is 13.2 Å². The molecule has 0 aromatic heterocycles. The second-order valence-electron chi connectivity index (χ2n) is 19.0. The molecule has 0 bridgehead atoms. The molecule has 8 nitrogen and oxygen atoms in total. The van der Waals surface area contributed by atoms with Crippen LogP contribution in [0.15, 0.2) is 0 Å². The predicted molar refractivity (Wildman–Crippen MR) is 230 cm³/mol. The molecule has 0 spiro atoms. The van der Waals surface area contributed by atoms with Gasteiger partial charge in [-0.2, -0.15) is 0 Å². The normalized spacial score (nSPS) is 17.9. The largest absolute Gasteiger partial charge is 0.756 e. The second-order valence-corrected chi connectivity index (χ2v) is 20.4. The van der Waals surface area contributed by atoms with Crippen molar-refractivity contribution in [1.29, 1.82) is 0 Å². The molecule has 9 heteroatoms. The quantitative estimate of drug-likeness (QED) is 0.0464. The van der Waals surface area contributed by atoms with Gasteiger partial charge in [0, 0.05) is 13.2 Å². The summed E-state index contributed by atoms with van der Waals surface area (Å²) in [5.74, 6) is 5.91. The molecule has 0 aliphatic heterocycles. The molecule has 55 heavy (non-hydrogen) atoms. The zero-order chi connectivity index (χ0) is 41.5. The van der Waals surface area contributed by atoms with Gasteiger partial charge in [-0.05, 0) is 60.2 Å². The Hall–Kier alpha value is -0.0500. The molecule has 0 aromatic carbocycles. The standard InChI is InChI=1S/C46H95O8P/c1-37(2)17-11-19-39(5)21-13-23-41(7)25-15-27-43(9)29-31-51-35-46(36-54-55(49,50)53-34-45(48)33-47)52-32-30-44(10)28-16-26-42(8)24-14-22-40(6)20-12-18-38(3)4/h37-48H,11-36H2,1-10H3,(H,49,50)/p-1/t39-,40-,41-,42-,43-,44-,45-,46+/m1/s1. The van der Waals surface area contributed by atoms with Crippen LogP contribution in [0, 0.1) is 47.3 Å². The van der Waals surface area contributed by atoms with Crippen molar-refractivity contribution in [2.75, 3.05) is 39.6 Å². The molecule has 0 saturated carbocycles. The lowest BCUT2D eigenvalue weighted by atomic mass is 9.91. The Bertz CT molecular complexity index is 888. The van der Waals surface area contributed by atoms with Gasteiger partial charge in [0.15, 0.2) is 0 Å². The van der Waals surface area contributed by atoms with Gasteiger partial charge in [-0.1, -0.05) is 185 Å². The van der Waals surface area contributed by atoms with E-state index in [9.17, 15) is 14.6 Å².